The number of aromatic amines is 1. The van der Waals surface area contributed by atoms with Crippen LogP contribution in [-0.2, 0) is 12.8 Å². The van der Waals surface area contributed by atoms with E-state index in [1.807, 2.05) is 12.4 Å². The zero-order chi connectivity index (χ0) is 20.6. The van der Waals surface area contributed by atoms with Gasteiger partial charge in [0.1, 0.15) is 5.82 Å². The molecule has 0 bridgehead atoms. The van der Waals surface area contributed by atoms with E-state index in [1.54, 1.807) is 5.56 Å². The van der Waals surface area contributed by atoms with Crippen molar-refractivity contribution in [2.24, 2.45) is 0 Å². The van der Waals surface area contributed by atoms with E-state index in [-0.39, 0.29) is 0 Å². The summed E-state index contributed by atoms with van der Waals surface area (Å²) in [6.45, 7) is 4.61. The lowest BCUT2D eigenvalue weighted by Crippen LogP contribution is -2.00. The van der Waals surface area contributed by atoms with Crippen molar-refractivity contribution in [3.8, 4) is 0 Å². The van der Waals surface area contributed by atoms with Gasteiger partial charge in [0.2, 0.25) is 0 Å². The Labute approximate surface area is 179 Å². The summed E-state index contributed by atoms with van der Waals surface area (Å²) in [5, 5.41) is 0. The molecular weight excluding hydrogens is 352 g/mol. The first-order chi connectivity index (χ1) is 14.3. The van der Waals surface area contributed by atoms with Crippen molar-refractivity contribution in [1.82, 2.24) is 9.97 Å². The maximum absolute atomic E-state index is 4.32. The van der Waals surface area contributed by atoms with Crippen molar-refractivity contribution in [2.45, 2.75) is 116 Å². The molecule has 0 spiro atoms. The first-order valence-corrected chi connectivity index (χ1v) is 12.4. The Kier molecular flexibility index (Phi) is 12.5. The molecule has 0 aliphatic heterocycles. The lowest BCUT2D eigenvalue weighted by Gasteiger charge is -2.17. The van der Waals surface area contributed by atoms with E-state index in [9.17, 15) is 0 Å². The fourth-order valence-electron chi connectivity index (χ4n) is 4.36. The van der Waals surface area contributed by atoms with Crippen LogP contribution in [0.5, 0.6) is 0 Å². The minimum atomic E-state index is 0.733. The number of aromatic nitrogens is 2. The molecular formula is C27H44N2. The molecule has 1 unspecified atom stereocenters. The van der Waals surface area contributed by atoms with Crippen LogP contribution in [0.3, 0.4) is 0 Å². The first-order valence-electron chi connectivity index (χ1n) is 12.4. The largest absolute Gasteiger partial charge is 0.349 e. The lowest BCUT2D eigenvalue weighted by molar-refractivity contribution is 0.521. The van der Waals surface area contributed by atoms with Gasteiger partial charge in [-0.1, -0.05) is 95.9 Å². The van der Waals surface area contributed by atoms with Gasteiger partial charge >= 0.3 is 0 Å². The average molecular weight is 397 g/mol. The zero-order valence-corrected chi connectivity index (χ0v) is 19.1. The second kappa shape index (κ2) is 15.3. The highest BCUT2D eigenvalue weighted by molar-refractivity contribution is 5.25. The number of rotatable bonds is 17. The summed E-state index contributed by atoms with van der Waals surface area (Å²) < 4.78 is 0. The predicted molar refractivity (Wildman–Crippen MR) is 127 cm³/mol. The number of hydrogen-bond donors (Lipinski definition) is 1. The first kappa shape index (κ1) is 23.7. The number of benzene rings is 1. The van der Waals surface area contributed by atoms with Gasteiger partial charge in [0.05, 0.1) is 0 Å². The predicted octanol–water partition coefficient (Wildman–Crippen LogP) is 8.39. The van der Waals surface area contributed by atoms with Crippen LogP contribution in [0, 0.1) is 0 Å². The molecule has 162 valence electrons. The minimum absolute atomic E-state index is 0.733. The summed E-state index contributed by atoms with van der Waals surface area (Å²) in [4.78, 5) is 7.53. The van der Waals surface area contributed by atoms with Crippen molar-refractivity contribution < 1.29 is 0 Å². The van der Waals surface area contributed by atoms with E-state index < -0.39 is 0 Å². The smallest absolute Gasteiger partial charge is 0.105 e. The van der Waals surface area contributed by atoms with E-state index in [0.29, 0.717) is 0 Å². The van der Waals surface area contributed by atoms with Crippen LogP contribution >= 0.6 is 0 Å². The zero-order valence-electron chi connectivity index (χ0n) is 19.1. The van der Waals surface area contributed by atoms with E-state index in [2.05, 4.69) is 48.1 Å². The van der Waals surface area contributed by atoms with Crippen LogP contribution in [0.15, 0.2) is 36.7 Å². The van der Waals surface area contributed by atoms with Gasteiger partial charge in [-0.3, -0.25) is 0 Å². The van der Waals surface area contributed by atoms with Gasteiger partial charge in [0.15, 0.2) is 0 Å². The van der Waals surface area contributed by atoms with Crippen molar-refractivity contribution >= 4 is 0 Å². The fraction of sp³-hybridized carbons (Fsp3) is 0.667. The fourth-order valence-corrected chi connectivity index (χ4v) is 4.36. The quantitative estimate of drug-likeness (QED) is 0.267. The molecule has 0 saturated heterocycles. The van der Waals surface area contributed by atoms with Crippen LogP contribution in [0.4, 0.5) is 0 Å². The van der Waals surface area contributed by atoms with Crippen LogP contribution in [-0.4, -0.2) is 9.97 Å². The molecule has 29 heavy (non-hydrogen) atoms. The van der Waals surface area contributed by atoms with Crippen molar-refractivity contribution in [1.29, 1.82) is 0 Å². The topological polar surface area (TPSA) is 28.7 Å². The van der Waals surface area contributed by atoms with E-state index >= 15 is 0 Å². The summed E-state index contributed by atoms with van der Waals surface area (Å²) in [7, 11) is 0. The SMILES string of the molecule is CCCCCCCCCc1ccc(C(CCC)CCCCCc2ncc[nH]2)cc1. The highest BCUT2D eigenvalue weighted by Gasteiger charge is 2.10. The number of aryl methyl sites for hydroxylation is 2. The molecule has 0 amide bonds. The van der Waals surface area contributed by atoms with Crippen molar-refractivity contribution in [3.63, 3.8) is 0 Å². The van der Waals surface area contributed by atoms with Crippen molar-refractivity contribution in [2.75, 3.05) is 0 Å². The van der Waals surface area contributed by atoms with Crippen LogP contribution in [0.1, 0.15) is 120 Å². The van der Waals surface area contributed by atoms with Gasteiger partial charge < -0.3 is 4.98 Å². The van der Waals surface area contributed by atoms with E-state index in [0.717, 1.165) is 18.2 Å². The van der Waals surface area contributed by atoms with Crippen molar-refractivity contribution in [3.05, 3.63) is 53.6 Å². The summed E-state index contributed by atoms with van der Waals surface area (Å²) >= 11 is 0. The number of unbranched alkanes of at least 4 members (excludes halogenated alkanes) is 8. The minimum Gasteiger partial charge on any atom is -0.349 e. The lowest BCUT2D eigenvalue weighted by atomic mass is 9.88. The Hall–Kier alpha value is -1.57. The molecule has 0 saturated carbocycles. The molecule has 2 aromatic rings. The number of H-pyrrole nitrogens is 1. The van der Waals surface area contributed by atoms with Crippen LogP contribution in [0.2, 0.25) is 0 Å². The Balaban J connectivity index is 1.65. The van der Waals surface area contributed by atoms with Gasteiger partial charge in [-0.15, -0.1) is 0 Å². The molecule has 1 atom stereocenters. The summed E-state index contributed by atoms with van der Waals surface area (Å²) in [6.07, 6.45) is 23.6. The molecule has 0 radical (unpaired) electrons. The molecule has 1 heterocycles. The van der Waals surface area contributed by atoms with Crippen LogP contribution < -0.4 is 0 Å². The average Bonchev–Trinajstić information content (AvgIpc) is 3.26. The number of hydrogen-bond acceptors (Lipinski definition) is 1. The molecule has 1 aromatic heterocycles. The van der Waals surface area contributed by atoms with Gasteiger partial charge in [0, 0.05) is 18.8 Å². The molecule has 2 nitrogen and oxygen atoms in total. The molecule has 0 aliphatic rings. The Bertz CT molecular complexity index is 600. The third kappa shape index (κ3) is 10.1. The summed E-state index contributed by atoms with van der Waals surface area (Å²) in [6, 6.07) is 9.62. The Morgan fingerprint density at radius 1 is 0.724 bits per heavy atom. The molecule has 1 aromatic carbocycles. The molecule has 2 heteroatoms. The van der Waals surface area contributed by atoms with E-state index in [1.165, 1.54) is 95.5 Å². The maximum atomic E-state index is 4.32. The van der Waals surface area contributed by atoms with Gasteiger partial charge in [-0.05, 0) is 49.1 Å². The third-order valence-electron chi connectivity index (χ3n) is 6.18. The number of imidazole rings is 1. The normalized spacial score (nSPS) is 12.3. The standard InChI is InChI=1S/C27H44N2/c1-3-5-6-7-8-9-11-15-24-18-20-26(21-19-24)25(14-4-2)16-12-10-13-17-27-28-22-23-29-27/h18-23,25H,3-17H2,1-2H3,(H,28,29). The molecule has 2 rings (SSSR count). The monoisotopic (exact) mass is 396 g/mol. The maximum Gasteiger partial charge on any atom is 0.105 e. The third-order valence-corrected chi connectivity index (χ3v) is 6.18. The van der Waals surface area contributed by atoms with Gasteiger partial charge in [-0.2, -0.15) is 0 Å². The summed E-state index contributed by atoms with van der Waals surface area (Å²) in [5.74, 6) is 1.86. The van der Waals surface area contributed by atoms with Gasteiger partial charge in [-0.25, -0.2) is 4.98 Å². The molecule has 0 fully saturated rings. The Morgan fingerprint density at radius 3 is 2.10 bits per heavy atom. The van der Waals surface area contributed by atoms with Gasteiger partial charge in [0.25, 0.3) is 0 Å². The second-order valence-electron chi connectivity index (χ2n) is 8.73. The molecule has 0 aliphatic carbocycles. The number of nitrogens with zero attached hydrogens (tertiary/aromatic N) is 1. The Morgan fingerprint density at radius 2 is 1.41 bits per heavy atom. The highest BCUT2D eigenvalue weighted by Crippen LogP contribution is 2.28. The van der Waals surface area contributed by atoms with Crippen LogP contribution in [0.25, 0.3) is 0 Å². The van der Waals surface area contributed by atoms with E-state index in [4.69, 9.17) is 0 Å². The number of nitrogens with one attached hydrogen (secondary N) is 1. The second-order valence-corrected chi connectivity index (χ2v) is 8.73. The summed E-state index contributed by atoms with van der Waals surface area (Å²) in [5.41, 5.74) is 3.08. The highest BCUT2D eigenvalue weighted by atomic mass is 14.9. The molecule has 1 N–H and O–H groups in total.